The van der Waals surface area contributed by atoms with Gasteiger partial charge in [0.1, 0.15) is 0 Å². The molecule has 2 unspecified atom stereocenters. The van der Waals surface area contributed by atoms with Gasteiger partial charge in [-0.1, -0.05) is 24.3 Å². The van der Waals surface area contributed by atoms with Gasteiger partial charge >= 0.3 is 0 Å². The van der Waals surface area contributed by atoms with E-state index in [-0.39, 0.29) is 0 Å². The minimum absolute atomic E-state index is 0.441. The smallest absolute Gasteiger partial charge is 0.00504 e. The van der Waals surface area contributed by atoms with Crippen molar-refractivity contribution in [3.05, 3.63) is 35.4 Å². The van der Waals surface area contributed by atoms with Crippen LogP contribution in [-0.4, -0.2) is 6.04 Å². The predicted molar refractivity (Wildman–Crippen MR) is 53.8 cm³/mol. The summed E-state index contributed by atoms with van der Waals surface area (Å²) in [6.07, 6.45) is 3.76. The van der Waals surface area contributed by atoms with Crippen LogP contribution in [0.5, 0.6) is 0 Å². The fourth-order valence-corrected chi connectivity index (χ4v) is 3.13. The van der Waals surface area contributed by atoms with Gasteiger partial charge in [-0.25, -0.2) is 0 Å². The van der Waals surface area contributed by atoms with Crippen LogP contribution in [0.1, 0.15) is 42.2 Å². The molecule has 68 valence electrons. The van der Waals surface area contributed by atoms with E-state index in [9.17, 15) is 0 Å². The largest absolute Gasteiger partial charge is 0.328 e. The summed E-state index contributed by atoms with van der Waals surface area (Å²) in [6, 6.07) is 9.34. The standard InChI is InChI=1S/C12H15N/c13-10-6-8-5-9(7-10)12-4-2-1-3-11(8)12/h1-4,8-10H,5-7,13H2. The Balaban J connectivity index is 2.09. The van der Waals surface area contributed by atoms with Crippen molar-refractivity contribution < 1.29 is 0 Å². The first-order chi connectivity index (χ1) is 6.34. The molecule has 1 aromatic carbocycles. The summed E-state index contributed by atoms with van der Waals surface area (Å²) < 4.78 is 0. The molecule has 13 heavy (non-hydrogen) atoms. The second-order valence-corrected chi connectivity index (χ2v) is 4.49. The van der Waals surface area contributed by atoms with Crippen molar-refractivity contribution >= 4 is 0 Å². The van der Waals surface area contributed by atoms with Gasteiger partial charge in [0.15, 0.2) is 0 Å². The molecule has 2 atom stereocenters. The Hall–Kier alpha value is -0.820. The first kappa shape index (κ1) is 7.57. The molecule has 1 heteroatoms. The van der Waals surface area contributed by atoms with Crippen LogP contribution < -0.4 is 5.73 Å². The zero-order valence-electron chi connectivity index (χ0n) is 7.74. The van der Waals surface area contributed by atoms with Crippen molar-refractivity contribution in [1.82, 2.24) is 0 Å². The Kier molecular flexibility index (Phi) is 1.50. The normalized spacial score (nSPS) is 35.9. The summed E-state index contributed by atoms with van der Waals surface area (Å²) >= 11 is 0. The third-order valence-electron chi connectivity index (χ3n) is 3.62. The van der Waals surface area contributed by atoms with E-state index in [1.807, 2.05) is 0 Å². The average Bonchev–Trinajstić information content (AvgIpc) is 2.41. The van der Waals surface area contributed by atoms with Crippen molar-refractivity contribution in [2.24, 2.45) is 5.73 Å². The lowest BCUT2D eigenvalue weighted by Gasteiger charge is -2.24. The zero-order valence-corrected chi connectivity index (χ0v) is 7.74. The van der Waals surface area contributed by atoms with Crippen LogP contribution in [0.15, 0.2) is 24.3 Å². The molecule has 0 heterocycles. The van der Waals surface area contributed by atoms with Gasteiger partial charge < -0.3 is 5.73 Å². The van der Waals surface area contributed by atoms with Crippen molar-refractivity contribution in [2.75, 3.05) is 0 Å². The van der Waals surface area contributed by atoms with Crippen molar-refractivity contribution in [3.8, 4) is 0 Å². The molecule has 1 fully saturated rings. The van der Waals surface area contributed by atoms with E-state index in [1.54, 1.807) is 11.1 Å². The highest BCUT2D eigenvalue weighted by atomic mass is 14.7. The molecule has 3 rings (SSSR count). The fraction of sp³-hybridized carbons (Fsp3) is 0.500. The number of fused-ring (bicyclic) bond motifs is 5. The Labute approximate surface area is 78.9 Å². The highest BCUT2D eigenvalue weighted by molar-refractivity contribution is 5.40. The monoisotopic (exact) mass is 173 g/mol. The van der Waals surface area contributed by atoms with Crippen LogP contribution in [0.4, 0.5) is 0 Å². The van der Waals surface area contributed by atoms with E-state index in [2.05, 4.69) is 24.3 Å². The number of rotatable bonds is 0. The summed E-state index contributed by atoms with van der Waals surface area (Å²) in [4.78, 5) is 0. The molecule has 0 radical (unpaired) electrons. The van der Waals surface area contributed by atoms with Crippen molar-refractivity contribution in [2.45, 2.75) is 37.1 Å². The van der Waals surface area contributed by atoms with Crippen molar-refractivity contribution in [3.63, 3.8) is 0 Å². The molecule has 0 spiro atoms. The second kappa shape index (κ2) is 2.58. The quantitative estimate of drug-likeness (QED) is 0.640. The van der Waals surface area contributed by atoms with Crippen LogP contribution in [-0.2, 0) is 0 Å². The van der Waals surface area contributed by atoms with Crippen LogP contribution in [0.2, 0.25) is 0 Å². The van der Waals surface area contributed by atoms with Gasteiger partial charge in [-0.2, -0.15) is 0 Å². The van der Waals surface area contributed by atoms with Crippen LogP contribution >= 0.6 is 0 Å². The van der Waals surface area contributed by atoms with Gasteiger partial charge in [0.05, 0.1) is 0 Å². The zero-order chi connectivity index (χ0) is 8.84. The number of hydrogen-bond acceptors (Lipinski definition) is 1. The summed E-state index contributed by atoms with van der Waals surface area (Å²) in [6.45, 7) is 0. The number of benzene rings is 1. The lowest BCUT2D eigenvalue weighted by atomic mass is 9.84. The molecule has 1 nitrogen and oxygen atoms in total. The topological polar surface area (TPSA) is 26.0 Å². The summed E-state index contributed by atoms with van der Waals surface area (Å²) in [5.74, 6) is 1.54. The average molecular weight is 173 g/mol. The van der Waals surface area contributed by atoms with Gasteiger partial charge in [-0.15, -0.1) is 0 Å². The molecule has 2 aliphatic rings. The molecule has 2 aliphatic carbocycles. The highest BCUT2D eigenvalue weighted by Crippen LogP contribution is 2.49. The molecule has 0 aliphatic heterocycles. The van der Waals surface area contributed by atoms with E-state index in [4.69, 9.17) is 5.73 Å². The molecule has 1 saturated carbocycles. The molecule has 2 bridgehead atoms. The van der Waals surface area contributed by atoms with E-state index in [1.165, 1.54) is 19.3 Å². The van der Waals surface area contributed by atoms with Gasteiger partial charge in [-0.3, -0.25) is 0 Å². The SMILES string of the molecule is NC1CC2CC(C1)c1ccccc12. The molecular weight excluding hydrogens is 158 g/mol. The minimum Gasteiger partial charge on any atom is -0.328 e. The van der Waals surface area contributed by atoms with E-state index < -0.39 is 0 Å². The second-order valence-electron chi connectivity index (χ2n) is 4.49. The van der Waals surface area contributed by atoms with Gasteiger partial charge in [0, 0.05) is 6.04 Å². The summed E-state index contributed by atoms with van der Waals surface area (Å²) in [7, 11) is 0. The third kappa shape index (κ3) is 1.03. The Bertz CT molecular complexity index is 297. The van der Waals surface area contributed by atoms with Crippen LogP contribution in [0.25, 0.3) is 0 Å². The van der Waals surface area contributed by atoms with Gasteiger partial charge in [-0.05, 0) is 42.2 Å². The van der Waals surface area contributed by atoms with Crippen LogP contribution in [0.3, 0.4) is 0 Å². The molecule has 0 aromatic heterocycles. The Morgan fingerprint density at radius 1 is 0.923 bits per heavy atom. The maximum absolute atomic E-state index is 6.03. The third-order valence-corrected chi connectivity index (χ3v) is 3.62. The maximum atomic E-state index is 6.03. The molecule has 2 N–H and O–H groups in total. The minimum atomic E-state index is 0.441. The molecular formula is C12H15N. The molecule has 0 saturated heterocycles. The lowest BCUT2D eigenvalue weighted by molar-refractivity contribution is 0.385. The Morgan fingerprint density at radius 2 is 1.46 bits per heavy atom. The van der Waals surface area contributed by atoms with E-state index >= 15 is 0 Å². The maximum Gasteiger partial charge on any atom is 0.00504 e. The molecule has 1 aromatic rings. The number of hydrogen-bond donors (Lipinski definition) is 1. The highest BCUT2D eigenvalue weighted by Gasteiger charge is 2.36. The van der Waals surface area contributed by atoms with Crippen molar-refractivity contribution in [1.29, 1.82) is 0 Å². The Morgan fingerprint density at radius 3 is 2.00 bits per heavy atom. The summed E-state index contributed by atoms with van der Waals surface area (Å²) in [5.41, 5.74) is 9.20. The first-order valence-electron chi connectivity index (χ1n) is 5.19. The first-order valence-corrected chi connectivity index (χ1v) is 5.19. The van der Waals surface area contributed by atoms with Gasteiger partial charge in [0.25, 0.3) is 0 Å². The predicted octanol–water partition coefficient (Wildman–Crippen LogP) is 2.38. The fourth-order valence-electron chi connectivity index (χ4n) is 3.13. The molecule has 0 amide bonds. The van der Waals surface area contributed by atoms with E-state index in [0.29, 0.717) is 6.04 Å². The summed E-state index contributed by atoms with van der Waals surface area (Å²) in [5, 5.41) is 0. The lowest BCUT2D eigenvalue weighted by Crippen LogP contribution is -2.27. The van der Waals surface area contributed by atoms with Crippen LogP contribution in [0, 0.1) is 0 Å². The number of nitrogens with two attached hydrogens (primary N) is 1. The van der Waals surface area contributed by atoms with Gasteiger partial charge in [0.2, 0.25) is 0 Å². The van der Waals surface area contributed by atoms with E-state index in [0.717, 1.165) is 11.8 Å².